The fourth-order valence-corrected chi connectivity index (χ4v) is 3.30. The zero-order chi connectivity index (χ0) is 21.0. The van der Waals surface area contributed by atoms with Gasteiger partial charge in [0, 0.05) is 0 Å². The largest absolute Gasteiger partial charge is 0.488 e. The summed E-state index contributed by atoms with van der Waals surface area (Å²) in [6.07, 6.45) is 0.778. The molecule has 0 saturated carbocycles. The minimum Gasteiger partial charge on any atom is -0.488 e. The van der Waals surface area contributed by atoms with E-state index in [4.69, 9.17) is 9.26 Å². The second-order valence-corrected chi connectivity index (χ2v) is 7.47. The van der Waals surface area contributed by atoms with Gasteiger partial charge in [0.1, 0.15) is 18.1 Å². The molecule has 3 aromatic rings. The molecule has 3 rings (SSSR count). The third kappa shape index (κ3) is 4.86. The minimum atomic E-state index is -0.256. The lowest BCUT2D eigenvalue weighted by atomic mass is 10.0. The van der Waals surface area contributed by atoms with Gasteiger partial charge in [-0.25, -0.2) is 0 Å². The lowest BCUT2D eigenvalue weighted by Gasteiger charge is -2.17. The molecule has 0 aliphatic carbocycles. The minimum absolute atomic E-state index is 0.0896. The van der Waals surface area contributed by atoms with Crippen molar-refractivity contribution in [1.29, 1.82) is 0 Å². The summed E-state index contributed by atoms with van der Waals surface area (Å²) in [5.74, 6) is 1.12. The van der Waals surface area contributed by atoms with E-state index < -0.39 is 0 Å². The average Bonchev–Trinajstić information content (AvgIpc) is 3.07. The fraction of sp³-hybridized carbons (Fsp3) is 0.333. The van der Waals surface area contributed by atoms with E-state index in [0.717, 1.165) is 23.3 Å². The molecule has 0 radical (unpaired) electrons. The van der Waals surface area contributed by atoms with Crippen molar-refractivity contribution in [3.63, 3.8) is 0 Å². The highest BCUT2D eigenvalue weighted by molar-refractivity contribution is 5.94. The standard InChI is InChI=1S/C24H28N2O3/c1-6-21(19-10-7-15(2)8-11-19)25-24(27)23-20(18(5)29-26-23)14-28-22-12-9-16(3)13-17(22)4/h7-13,21H,6,14H2,1-5H3,(H,25,27). The van der Waals surface area contributed by atoms with Crippen LogP contribution in [0.25, 0.3) is 0 Å². The first-order chi connectivity index (χ1) is 13.9. The molecule has 0 spiro atoms. The highest BCUT2D eigenvalue weighted by Crippen LogP contribution is 2.23. The van der Waals surface area contributed by atoms with E-state index in [2.05, 4.69) is 16.5 Å². The summed E-state index contributed by atoms with van der Waals surface area (Å²) < 4.78 is 11.3. The maximum Gasteiger partial charge on any atom is 0.274 e. The number of aryl methyl sites for hydroxylation is 4. The maximum absolute atomic E-state index is 12.9. The summed E-state index contributed by atoms with van der Waals surface area (Å²) in [5, 5.41) is 7.07. The number of carbonyl (C=O) groups is 1. The third-order valence-corrected chi connectivity index (χ3v) is 5.10. The van der Waals surface area contributed by atoms with Crippen LogP contribution in [0.3, 0.4) is 0 Å². The number of hydrogen-bond acceptors (Lipinski definition) is 4. The number of nitrogens with zero attached hydrogens (tertiary/aromatic N) is 1. The summed E-state index contributed by atoms with van der Waals surface area (Å²) in [5.41, 5.74) is 5.43. The van der Waals surface area contributed by atoms with Gasteiger partial charge in [-0.15, -0.1) is 0 Å². The normalized spacial score (nSPS) is 11.9. The van der Waals surface area contributed by atoms with Gasteiger partial charge in [-0.2, -0.15) is 0 Å². The van der Waals surface area contributed by atoms with E-state index >= 15 is 0 Å². The topological polar surface area (TPSA) is 64.4 Å². The summed E-state index contributed by atoms with van der Waals surface area (Å²) in [6, 6.07) is 14.1. The number of rotatable bonds is 7. The molecule has 0 saturated heterocycles. The van der Waals surface area contributed by atoms with Gasteiger partial charge >= 0.3 is 0 Å². The summed E-state index contributed by atoms with van der Waals surface area (Å²) >= 11 is 0. The van der Waals surface area contributed by atoms with Crippen LogP contribution in [-0.4, -0.2) is 11.1 Å². The first kappa shape index (κ1) is 20.6. The molecule has 29 heavy (non-hydrogen) atoms. The second-order valence-electron chi connectivity index (χ2n) is 7.47. The molecule has 152 valence electrons. The molecule has 1 N–H and O–H groups in total. The zero-order valence-electron chi connectivity index (χ0n) is 17.7. The van der Waals surface area contributed by atoms with Crippen LogP contribution >= 0.6 is 0 Å². The van der Waals surface area contributed by atoms with Crippen molar-refractivity contribution >= 4 is 5.91 Å². The molecule has 5 heteroatoms. The lowest BCUT2D eigenvalue weighted by Crippen LogP contribution is -2.29. The van der Waals surface area contributed by atoms with E-state index in [0.29, 0.717) is 11.3 Å². The Morgan fingerprint density at radius 3 is 2.41 bits per heavy atom. The van der Waals surface area contributed by atoms with Gasteiger partial charge in [0.05, 0.1) is 11.6 Å². The van der Waals surface area contributed by atoms with E-state index in [1.807, 2.05) is 64.1 Å². The van der Waals surface area contributed by atoms with Crippen molar-refractivity contribution in [2.75, 3.05) is 0 Å². The van der Waals surface area contributed by atoms with Crippen molar-refractivity contribution in [3.05, 3.63) is 81.7 Å². The van der Waals surface area contributed by atoms with Crippen LogP contribution in [0.5, 0.6) is 5.75 Å². The number of nitrogens with one attached hydrogen (secondary N) is 1. The van der Waals surface area contributed by atoms with Gasteiger partial charge in [0.15, 0.2) is 5.69 Å². The Hall–Kier alpha value is -3.08. The molecule has 0 aliphatic heterocycles. The first-order valence-corrected chi connectivity index (χ1v) is 9.91. The maximum atomic E-state index is 12.9. The van der Waals surface area contributed by atoms with Crippen LogP contribution in [0.15, 0.2) is 47.0 Å². The van der Waals surface area contributed by atoms with Gasteiger partial charge in [0.2, 0.25) is 0 Å². The number of carbonyl (C=O) groups excluding carboxylic acids is 1. The van der Waals surface area contributed by atoms with Crippen LogP contribution in [-0.2, 0) is 6.61 Å². The Balaban J connectivity index is 1.75. The molecule has 1 amide bonds. The van der Waals surface area contributed by atoms with Gasteiger partial charge in [0.25, 0.3) is 5.91 Å². The van der Waals surface area contributed by atoms with Crippen molar-refractivity contribution < 1.29 is 14.1 Å². The van der Waals surface area contributed by atoms with Crippen LogP contribution < -0.4 is 10.1 Å². The lowest BCUT2D eigenvalue weighted by molar-refractivity contribution is 0.0924. The van der Waals surface area contributed by atoms with Crippen LogP contribution in [0, 0.1) is 27.7 Å². The number of aromatic nitrogens is 1. The number of ether oxygens (including phenoxy) is 1. The number of hydrogen-bond donors (Lipinski definition) is 1. The molecule has 0 bridgehead atoms. The Morgan fingerprint density at radius 2 is 1.76 bits per heavy atom. The fourth-order valence-electron chi connectivity index (χ4n) is 3.30. The second kappa shape index (κ2) is 8.95. The van der Waals surface area contributed by atoms with E-state index in [-0.39, 0.29) is 24.2 Å². The molecule has 0 aliphatic rings. The van der Waals surface area contributed by atoms with Crippen LogP contribution in [0.4, 0.5) is 0 Å². The third-order valence-electron chi connectivity index (χ3n) is 5.10. The Morgan fingerprint density at radius 1 is 1.07 bits per heavy atom. The Labute approximate surface area is 172 Å². The van der Waals surface area contributed by atoms with Crippen LogP contribution in [0.1, 0.15) is 63.5 Å². The monoisotopic (exact) mass is 392 g/mol. The van der Waals surface area contributed by atoms with E-state index in [1.54, 1.807) is 6.92 Å². The van der Waals surface area contributed by atoms with Crippen molar-refractivity contribution in [2.24, 2.45) is 0 Å². The summed E-state index contributed by atoms with van der Waals surface area (Å²) in [7, 11) is 0. The quantitative estimate of drug-likeness (QED) is 0.587. The van der Waals surface area contributed by atoms with Gasteiger partial charge < -0.3 is 14.6 Å². The number of benzene rings is 2. The molecule has 2 aromatic carbocycles. The molecule has 1 aromatic heterocycles. The molecule has 1 heterocycles. The SMILES string of the molecule is CCC(NC(=O)c1noc(C)c1COc1ccc(C)cc1C)c1ccc(C)cc1. The van der Waals surface area contributed by atoms with Gasteiger partial charge in [-0.3, -0.25) is 4.79 Å². The molecular formula is C24H28N2O3. The predicted molar refractivity (Wildman–Crippen MR) is 113 cm³/mol. The molecule has 1 unspecified atom stereocenters. The van der Waals surface area contributed by atoms with Crippen LogP contribution in [0.2, 0.25) is 0 Å². The van der Waals surface area contributed by atoms with Crippen molar-refractivity contribution in [3.8, 4) is 5.75 Å². The Bertz CT molecular complexity index is 990. The summed E-state index contributed by atoms with van der Waals surface area (Å²) in [6.45, 7) is 10.2. The summed E-state index contributed by atoms with van der Waals surface area (Å²) in [4.78, 5) is 12.9. The highest BCUT2D eigenvalue weighted by atomic mass is 16.5. The van der Waals surface area contributed by atoms with Crippen molar-refractivity contribution in [1.82, 2.24) is 10.5 Å². The molecule has 1 atom stereocenters. The van der Waals surface area contributed by atoms with Gasteiger partial charge in [-0.1, -0.05) is 59.6 Å². The Kier molecular flexibility index (Phi) is 6.37. The highest BCUT2D eigenvalue weighted by Gasteiger charge is 2.23. The van der Waals surface area contributed by atoms with Gasteiger partial charge in [-0.05, 0) is 51.3 Å². The molecule has 5 nitrogen and oxygen atoms in total. The average molecular weight is 392 g/mol. The smallest absolute Gasteiger partial charge is 0.274 e. The zero-order valence-corrected chi connectivity index (χ0v) is 17.7. The predicted octanol–water partition coefficient (Wildman–Crippen LogP) is 5.37. The molecule has 0 fully saturated rings. The van der Waals surface area contributed by atoms with E-state index in [1.165, 1.54) is 11.1 Å². The van der Waals surface area contributed by atoms with Crippen molar-refractivity contribution in [2.45, 2.75) is 53.7 Å². The molecular weight excluding hydrogens is 364 g/mol. The number of amides is 1. The first-order valence-electron chi connectivity index (χ1n) is 9.91. The van der Waals surface area contributed by atoms with E-state index in [9.17, 15) is 4.79 Å².